The molecule has 9 heteroatoms. The Morgan fingerprint density at radius 1 is 1.42 bits per heavy atom. The predicted octanol–water partition coefficient (Wildman–Crippen LogP) is 0.780. The molecule has 1 amide bonds. The first-order valence-electron chi connectivity index (χ1n) is 8.59. The van der Waals surface area contributed by atoms with Gasteiger partial charge in [0.2, 0.25) is 0 Å². The summed E-state index contributed by atoms with van der Waals surface area (Å²) in [5.74, 6) is 0.585. The largest absolute Gasteiger partial charge is 0.355 e. The van der Waals surface area contributed by atoms with Crippen LogP contribution in [0.1, 0.15) is 16.8 Å². The highest BCUT2D eigenvalue weighted by Crippen LogP contribution is 2.24. The lowest BCUT2D eigenvalue weighted by Crippen LogP contribution is -2.38. The fraction of sp³-hybridized carbons (Fsp3) is 0.412. The molecule has 2 aliphatic heterocycles. The second-order valence-corrected chi connectivity index (χ2v) is 7.27. The van der Waals surface area contributed by atoms with Gasteiger partial charge in [0.25, 0.3) is 5.91 Å². The van der Waals surface area contributed by atoms with E-state index in [4.69, 9.17) is 5.26 Å². The van der Waals surface area contributed by atoms with E-state index in [0.29, 0.717) is 11.2 Å². The SMILES string of the molecule is N#CC1SC=CC1NC(=O)c1cnn2ccc(N3CCCNCC3)nc12. The van der Waals surface area contributed by atoms with Crippen molar-refractivity contribution in [3.63, 3.8) is 0 Å². The molecule has 8 nitrogen and oxygen atoms in total. The number of carbonyl (C=O) groups excluding carboxylic acids is 1. The molecule has 0 radical (unpaired) electrons. The van der Waals surface area contributed by atoms with Gasteiger partial charge in [-0.1, -0.05) is 6.08 Å². The van der Waals surface area contributed by atoms with Crippen LogP contribution in [0.2, 0.25) is 0 Å². The second-order valence-electron chi connectivity index (χ2n) is 6.22. The van der Waals surface area contributed by atoms with Gasteiger partial charge in [0.1, 0.15) is 16.6 Å². The monoisotopic (exact) mass is 369 g/mol. The molecule has 2 unspecified atom stereocenters. The highest BCUT2D eigenvalue weighted by atomic mass is 32.2. The summed E-state index contributed by atoms with van der Waals surface area (Å²) in [6.45, 7) is 3.74. The number of amides is 1. The molecule has 1 saturated heterocycles. The van der Waals surface area contributed by atoms with Crippen molar-refractivity contribution in [3.8, 4) is 6.07 Å². The average molecular weight is 369 g/mol. The molecule has 0 aliphatic carbocycles. The standard InChI is InChI=1S/C17H19N7OS/c18-10-14-13(3-9-26-14)21-17(25)12-11-20-24-7-2-15(22-16(12)24)23-6-1-4-19-5-8-23/h2-3,7,9,11,13-14,19H,1,4-6,8H2,(H,21,25). The van der Waals surface area contributed by atoms with Gasteiger partial charge in [0, 0.05) is 25.8 Å². The minimum Gasteiger partial charge on any atom is -0.355 e. The van der Waals surface area contributed by atoms with Gasteiger partial charge in [0.15, 0.2) is 5.65 Å². The molecule has 0 aromatic carbocycles. The molecule has 0 bridgehead atoms. The summed E-state index contributed by atoms with van der Waals surface area (Å²) in [7, 11) is 0. The van der Waals surface area contributed by atoms with E-state index >= 15 is 0 Å². The fourth-order valence-electron chi connectivity index (χ4n) is 3.13. The van der Waals surface area contributed by atoms with E-state index in [-0.39, 0.29) is 17.2 Å². The molecule has 0 spiro atoms. The third-order valence-corrected chi connectivity index (χ3v) is 5.53. The maximum atomic E-state index is 12.7. The Hall–Kier alpha value is -2.57. The number of nitriles is 1. The molecule has 4 rings (SSSR count). The quantitative estimate of drug-likeness (QED) is 0.825. The first-order chi connectivity index (χ1) is 12.8. The minimum atomic E-state index is -0.299. The van der Waals surface area contributed by atoms with E-state index in [9.17, 15) is 4.79 Å². The van der Waals surface area contributed by atoms with Gasteiger partial charge in [-0.25, -0.2) is 9.50 Å². The summed E-state index contributed by atoms with van der Waals surface area (Å²) in [5, 5.41) is 21.2. The Bertz CT molecular complexity index is 879. The topological polar surface area (TPSA) is 98.3 Å². The molecular formula is C17H19N7OS. The number of nitrogens with zero attached hydrogens (tertiary/aromatic N) is 5. The summed E-state index contributed by atoms with van der Waals surface area (Å²) in [5.41, 5.74) is 0.946. The number of anilines is 1. The van der Waals surface area contributed by atoms with Crippen LogP contribution in [0, 0.1) is 11.3 Å². The molecule has 134 valence electrons. The summed E-state index contributed by atoms with van der Waals surface area (Å²) in [6, 6.07) is 3.82. The van der Waals surface area contributed by atoms with Crippen LogP contribution in [0.5, 0.6) is 0 Å². The van der Waals surface area contributed by atoms with Gasteiger partial charge in [-0.05, 0) is 24.4 Å². The van der Waals surface area contributed by atoms with Gasteiger partial charge < -0.3 is 15.5 Å². The van der Waals surface area contributed by atoms with Crippen LogP contribution >= 0.6 is 11.8 Å². The minimum absolute atomic E-state index is 0.264. The van der Waals surface area contributed by atoms with E-state index in [0.717, 1.165) is 38.4 Å². The van der Waals surface area contributed by atoms with Crippen molar-refractivity contribution in [3.05, 3.63) is 35.5 Å². The van der Waals surface area contributed by atoms with Crippen LogP contribution in [0.4, 0.5) is 5.82 Å². The Morgan fingerprint density at radius 2 is 2.35 bits per heavy atom. The van der Waals surface area contributed by atoms with Crippen molar-refractivity contribution in [2.45, 2.75) is 17.7 Å². The number of aromatic nitrogens is 3. The zero-order valence-corrected chi connectivity index (χ0v) is 14.9. The molecule has 2 atom stereocenters. The van der Waals surface area contributed by atoms with Crippen LogP contribution in [-0.2, 0) is 0 Å². The number of thioether (sulfide) groups is 1. The van der Waals surface area contributed by atoms with E-state index in [1.807, 2.05) is 23.7 Å². The first kappa shape index (κ1) is 16.9. The molecular weight excluding hydrogens is 350 g/mol. The zero-order valence-electron chi connectivity index (χ0n) is 14.1. The van der Waals surface area contributed by atoms with E-state index < -0.39 is 0 Å². The summed E-state index contributed by atoms with van der Waals surface area (Å²) < 4.78 is 1.61. The maximum Gasteiger partial charge on any atom is 0.257 e. The molecule has 4 heterocycles. The van der Waals surface area contributed by atoms with E-state index in [1.54, 1.807) is 4.52 Å². The zero-order chi connectivity index (χ0) is 17.9. The summed E-state index contributed by atoms with van der Waals surface area (Å²) >= 11 is 1.41. The van der Waals surface area contributed by atoms with Crippen LogP contribution < -0.4 is 15.5 Å². The van der Waals surface area contributed by atoms with Crippen LogP contribution in [0.25, 0.3) is 5.65 Å². The second kappa shape index (κ2) is 7.35. The van der Waals surface area contributed by atoms with Crippen molar-refractivity contribution in [1.82, 2.24) is 25.2 Å². The number of hydrogen-bond donors (Lipinski definition) is 2. The number of fused-ring (bicyclic) bond motifs is 1. The van der Waals surface area contributed by atoms with Crippen molar-refractivity contribution < 1.29 is 4.79 Å². The predicted molar refractivity (Wildman–Crippen MR) is 100 cm³/mol. The highest BCUT2D eigenvalue weighted by molar-refractivity contribution is 8.03. The molecule has 26 heavy (non-hydrogen) atoms. The maximum absolute atomic E-state index is 12.7. The molecule has 2 aromatic rings. The fourth-order valence-corrected chi connectivity index (χ4v) is 3.95. The molecule has 0 saturated carbocycles. The van der Waals surface area contributed by atoms with E-state index in [1.165, 1.54) is 18.0 Å². The number of hydrogen-bond acceptors (Lipinski definition) is 7. The average Bonchev–Trinajstić information content (AvgIpc) is 3.19. The first-order valence-corrected chi connectivity index (χ1v) is 9.53. The lowest BCUT2D eigenvalue weighted by molar-refractivity contribution is 0.0947. The highest BCUT2D eigenvalue weighted by Gasteiger charge is 2.26. The van der Waals surface area contributed by atoms with Gasteiger partial charge in [-0.3, -0.25) is 4.79 Å². The van der Waals surface area contributed by atoms with Crippen molar-refractivity contribution in [2.24, 2.45) is 0 Å². The number of rotatable bonds is 3. The molecule has 1 fully saturated rings. The van der Waals surface area contributed by atoms with Gasteiger partial charge in [-0.15, -0.1) is 11.8 Å². The Balaban J connectivity index is 1.59. The van der Waals surface area contributed by atoms with E-state index in [2.05, 4.69) is 31.7 Å². The summed E-state index contributed by atoms with van der Waals surface area (Å²) in [4.78, 5) is 19.6. The number of nitrogens with one attached hydrogen (secondary N) is 2. The van der Waals surface area contributed by atoms with Crippen molar-refractivity contribution in [2.75, 3.05) is 31.1 Å². The Labute approximate surface area is 155 Å². The third-order valence-electron chi connectivity index (χ3n) is 4.53. The van der Waals surface area contributed by atoms with Gasteiger partial charge in [0.05, 0.1) is 18.3 Å². The van der Waals surface area contributed by atoms with Crippen molar-refractivity contribution >= 4 is 29.1 Å². The van der Waals surface area contributed by atoms with Crippen molar-refractivity contribution in [1.29, 1.82) is 5.26 Å². The Morgan fingerprint density at radius 3 is 3.23 bits per heavy atom. The molecule has 2 aromatic heterocycles. The van der Waals surface area contributed by atoms with Crippen LogP contribution in [0.3, 0.4) is 0 Å². The van der Waals surface area contributed by atoms with Crippen LogP contribution in [-0.4, -0.2) is 58.0 Å². The molecule has 2 N–H and O–H groups in total. The smallest absolute Gasteiger partial charge is 0.257 e. The number of carbonyl (C=O) groups is 1. The normalized spacial score (nSPS) is 23.0. The van der Waals surface area contributed by atoms with Crippen LogP contribution in [0.15, 0.2) is 29.9 Å². The lowest BCUT2D eigenvalue weighted by atomic mass is 10.2. The van der Waals surface area contributed by atoms with Gasteiger partial charge >= 0.3 is 0 Å². The third kappa shape index (κ3) is 3.25. The summed E-state index contributed by atoms with van der Waals surface area (Å²) in [6.07, 6.45) is 6.25. The lowest BCUT2D eigenvalue weighted by Gasteiger charge is -2.21. The molecule has 2 aliphatic rings. The van der Waals surface area contributed by atoms with Gasteiger partial charge in [-0.2, -0.15) is 10.4 Å². The Kier molecular flexibility index (Phi) is 4.77.